The Morgan fingerprint density at radius 2 is 1.67 bits per heavy atom. The van der Waals surface area contributed by atoms with E-state index in [1.807, 2.05) is 11.8 Å². The molecule has 1 saturated heterocycles. The van der Waals surface area contributed by atoms with Gasteiger partial charge in [0.25, 0.3) is 0 Å². The highest BCUT2D eigenvalue weighted by atomic mass is 32.2. The molecule has 4 heteroatoms. The van der Waals surface area contributed by atoms with Crippen molar-refractivity contribution in [3.8, 4) is 5.75 Å². The molecular formula is C29H34N2OS. The van der Waals surface area contributed by atoms with Gasteiger partial charge in [-0.25, -0.2) is 0 Å². The molecule has 3 aromatic rings. The lowest BCUT2D eigenvalue weighted by Gasteiger charge is -2.33. The molecule has 1 fully saturated rings. The fourth-order valence-electron chi connectivity index (χ4n) is 4.85. The number of likely N-dealkylation sites (tertiary alicyclic amines) is 1. The topological polar surface area (TPSA) is 15.7 Å². The highest BCUT2D eigenvalue weighted by molar-refractivity contribution is 7.98. The Balaban J connectivity index is 0.00000126. The molecule has 33 heavy (non-hydrogen) atoms. The van der Waals surface area contributed by atoms with Crippen molar-refractivity contribution >= 4 is 23.1 Å². The summed E-state index contributed by atoms with van der Waals surface area (Å²) in [5.74, 6) is 1.97. The number of hydrogen-bond acceptors (Lipinski definition) is 4. The SMILES string of the molecule is C=C.COc1ccc(CCN2CCC[C@H]2CN2c3ccccc3CSc3ccccc32)cc1. The van der Waals surface area contributed by atoms with Gasteiger partial charge in [0.15, 0.2) is 0 Å². The zero-order valence-corrected chi connectivity index (χ0v) is 20.4. The minimum atomic E-state index is 0.586. The molecule has 5 rings (SSSR count). The second-order valence-electron chi connectivity index (χ2n) is 8.43. The Labute approximate surface area is 203 Å². The number of methoxy groups -OCH3 is 1. The molecule has 2 heterocycles. The van der Waals surface area contributed by atoms with Crippen LogP contribution < -0.4 is 9.64 Å². The van der Waals surface area contributed by atoms with Crippen LogP contribution in [0.1, 0.15) is 24.0 Å². The summed E-state index contributed by atoms with van der Waals surface area (Å²) in [4.78, 5) is 6.68. The molecule has 0 aromatic heterocycles. The first-order valence-electron chi connectivity index (χ1n) is 11.8. The van der Waals surface area contributed by atoms with E-state index in [2.05, 4.69) is 95.8 Å². The lowest BCUT2D eigenvalue weighted by molar-refractivity contribution is 0.261. The van der Waals surface area contributed by atoms with Gasteiger partial charge in [-0.1, -0.05) is 42.5 Å². The highest BCUT2D eigenvalue weighted by Crippen LogP contribution is 2.43. The normalized spacial score (nSPS) is 17.4. The van der Waals surface area contributed by atoms with Crippen LogP contribution in [-0.2, 0) is 12.2 Å². The van der Waals surface area contributed by atoms with E-state index in [1.54, 1.807) is 7.11 Å². The summed E-state index contributed by atoms with van der Waals surface area (Å²) in [6, 6.07) is 27.0. The summed E-state index contributed by atoms with van der Waals surface area (Å²) in [7, 11) is 1.72. The standard InChI is InChI=1S/C27H30N2OS.C2H4/c1-30-24-14-12-21(13-15-24)16-18-28-17-6-8-23(28)19-29-25-9-3-2-7-22(25)20-31-27-11-5-4-10-26(27)29;1-2/h2-5,7,9-15,23H,6,8,16-20H2,1H3;1-2H2/t23-;/m0./s1. The Hall–Kier alpha value is -2.69. The maximum absolute atomic E-state index is 5.30. The van der Waals surface area contributed by atoms with Crippen molar-refractivity contribution in [1.29, 1.82) is 0 Å². The zero-order valence-electron chi connectivity index (χ0n) is 19.6. The van der Waals surface area contributed by atoms with Gasteiger partial charge in [-0.3, -0.25) is 4.90 Å². The van der Waals surface area contributed by atoms with Crippen LogP contribution in [-0.4, -0.2) is 37.7 Å². The second kappa shape index (κ2) is 11.4. The summed E-state index contributed by atoms with van der Waals surface area (Å²) in [6.45, 7) is 9.37. The molecule has 2 aliphatic rings. The predicted octanol–water partition coefficient (Wildman–Crippen LogP) is 6.95. The van der Waals surface area contributed by atoms with E-state index in [9.17, 15) is 0 Å². The minimum Gasteiger partial charge on any atom is -0.497 e. The third-order valence-corrected chi connectivity index (χ3v) is 7.67. The third-order valence-electron chi connectivity index (χ3n) is 6.56. The third kappa shape index (κ3) is 5.45. The molecular weight excluding hydrogens is 424 g/mol. The van der Waals surface area contributed by atoms with Crippen LogP contribution in [0.3, 0.4) is 0 Å². The summed E-state index contributed by atoms with van der Waals surface area (Å²) in [5.41, 5.74) is 5.56. The van der Waals surface area contributed by atoms with Crippen molar-refractivity contribution < 1.29 is 4.74 Å². The zero-order chi connectivity index (χ0) is 23.0. The second-order valence-corrected chi connectivity index (χ2v) is 9.44. The molecule has 0 saturated carbocycles. The van der Waals surface area contributed by atoms with Crippen LogP contribution in [0, 0.1) is 0 Å². The number of benzene rings is 3. The fourth-order valence-corrected chi connectivity index (χ4v) is 5.91. The molecule has 3 nitrogen and oxygen atoms in total. The average Bonchev–Trinajstić information content (AvgIpc) is 3.27. The van der Waals surface area contributed by atoms with Gasteiger partial charge >= 0.3 is 0 Å². The lowest BCUT2D eigenvalue weighted by atomic mass is 10.1. The van der Waals surface area contributed by atoms with Gasteiger partial charge in [-0.2, -0.15) is 0 Å². The Morgan fingerprint density at radius 3 is 2.45 bits per heavy atom. The molecule has 0 amide bonds. The summed E-state index contributed by atoms with van der Waals surface area (Å²) in [6.07, 6.45) is 3.65. The van der Waals surface area contributed by atoms with E-state index < -0.39 is 0 Å². The summed E-state index contributed by atoms with van der Waals surface area (Å²) >= 11 is 1.96. The molecule has 0 bridgehead atoms. The number of anilines is 2. The number of ether oxygens (including phenoxy) is 1. The predicted molar refractivity (Wildman–Crippen MR) is 142 cm³/mol. The van der Waals surface area contributed by atoms with Crippen LogP contribution in [0.5, 0.6) is 5.75 Å². The van der Waals surface area contributed by atoms with Gasteiger partial charge in [0.1, 0.15) is 5.75 Å². The summed E-state index contributed by atoms with van der Waals surface area (Å²) in [5, 5.41) is 0. The van der Waals surface area contributed by atoms with E-state index in [-0.39, 0.29) is 0 Å². The van der Waals surface area contributed by atoms with Gasteiger partial charge in [0.2, 0.25) is 0 Å². The number of para-hydroxylation sites is 2. The van der Waals surface area contributed by atoms with Crippen molar-refractivity contribution in [1.82, 2.24) is 4.90 Å². The first kappa shape index (κ1) is 23.5. The minimum absolute atomic E-state index is 0.586. The monoisotopic (exact) mass is 458 g/mol. The average molecular weight is 459 g/mol. The maximum Gasteiger partial charge on any atom is 0.118 e. The number of nitrogens with zero attached hydrogens (tertiary/aromatic N) is 2. The Kier molecular flexibility index (Phi) is 8.14. The molecule has 1 atom stereocenters. The lowest BCUT2D eigenvalue weighted by Crippen LogP contribution is -2.39. The molecule has 0 N–H and O–H groups in total. The largest absolute Gasteiger partial charge is 0.497 e. The van der Waals surface area contributed by atoms with E-state index in [1.165, 1.54) is 46.8 Å². The van der Waals surface area contributed by atoms with E-state index in [4.69, 9.17) is 4.74 Å². The molecule has 172 valence electrons. The number of hydrogen-bond donors (Lipinski definition) is 0. The molecule has 0 spiro atoms. The van der Waals surface area contributed by atoms with Crippen LogP contribution in [0.15, 0.2) is 90.8 Å². The maximum atomic E-state index is 5.30. The van der Waals surface area contributed by atoms with Crippen molar-refractivity contribution in [2.45, 2.75) is 36.0 Å². The van der Waals surface area contributed by atoms with Gasteiger partial charge < -0.3 is 9.64 Å². The van der Waals surface area contributed by atoms with Crippen LogP contribution in [0.4, 0.5) is 11.4 Å². The Morgan fingerprint density at radius 1 is 0.939 bits per heavy atom. The van der Waals surface area contributed by atoms with Crippen LogP contribution >= 0.6 is 11.8 Å². The quantitative estimate of drug-likeness (QED) is 0.371. The highest BCUT2D eigenvalue weighted by Gasteiger charge is 2.29. The smallest absolute Gasteiger partial charge is 0.118 e. The fraction of sp³-hybridized carbons (Fsp3) is 0.310. The molecule has 0 aliphatic carbocycles. The molecule has 0 unspecified atom stereocenters. The summed E-state index contributed by atoms with van der Waals surface area (Å²) < 4.78 is 5.30. The Bertz CT molecular complexity index is 988. The first-order valence-corrected chi connectivity index (χ1v) is 12.7. The van der Waals surface area contributed by atoms with E-state index >= 15 is 0 Å². The van der Waals surface area contributed by atoms with Crippen LogP contribution in [0.25, 0.3) is 0 Å². The molecule has 0 radical (unpaired) electrons. The number of thioether (sulfide) groups is 1. The molecule has 2 aliphatic heterocycles. The molecule has 3 aromatic carbocycles. The van der Waals surface area contributed by atoms with E-state index in [0.717, 1.165) is 31.0 Å². The van der Waals surface area contributed by atoms with Gasteiger partial charge in [-0.05, 0) is 67.3 Å². The van der Waals surface area contributed by atoms with Crippen molar-refractivity contribution in [3.63, 3.8) is 0 Å². The van der Waals surface area contributed by atoms with Crippen molar-refractivity contribution in [3.05, 3.63) is 97.1 Å². The number of rotatable bonds is 6. The van der Waals surface area contributed by atoms with Gasteiger partial charge in [0.05, 0.1) is 12.8 Å². The van der Waals surface area contributed by atoms with Gasteiger partial charge in [0, 0.05) is 35.5 Å². The van der Waals surface area contributed by atoms with E-state index in [0.29, 0.717) is 6.04 Å². The van der Waals surface area contributed by atoms with Gasteiger partial charge in [-0.15, -0.1) is 24.9 Å². The van der Waals surface area contributed by atoms with Crippen molar-refractivity contribution in [2.75, 3.05) is 31.6 Å². The van der Waals surface area contributed by atoms with Crippen molar-refractivity contribution in [2.24, 2.45) is 0 Å². The van der Waals surface area contributed by atoms with Crippen LogP contribution in [0.2, 0.25) is 0 Å². The number of fused-ring (bicyclic) bond motifs is 2. The first-order chi connectivity index (χ1) is 16.3.